The Bertz CT molecular complexity index is 364. The monoisotopic (exact) mass is 320 g/mol. The van der Waals surface area contributed by atoms with E-state index in [-0.39, 0.29) is 0 Å². The van der Waals surface area contributed by atoms with Crippen molar-refractivity contribution in [1.82, 2.24) is 0 Å². The van der Waals surface area contributed by atoms with E-state index in [1.54, 1.807) is 0 Å². The first-order chi connectivity index (χ1) is 9.46. The lowest BCUT2D eigenvalue weighted by molar-refractivity contribution is 0.115. The minimum absolute atomic E-state index is 0.332. The molecule has 0 saturated heterocycles. The average molecular weight is 321 g/mol. The Morgan fingerprint density at radius 2 is 1.19 bits per heavy atom. The summed E-state index contributed by atoms with van der Waals surface area (Å²) in [6.45, 7) is 12.0. The van der Waals surface area contributed by atoms with E-state index in [9.17, 15) is 8.42 Å². The Kier molecular flexibility index (Phi) is 9.10. The van der Waals surface area contributed by atoms with Crippen molar-refractivity contribution in [1.29, 1.82) is 0 Å². The molecule has 0 heterocycles. The van der Waals surface area contributed by atoms with Gasteiger partial charge in [-0.1, -0.05) is 73.1 Å². The lowest BCUT2D eigenvalue weighted by Gasteiger charge is -2.39. The highest BCUT2D eigenvalue weighted by molar-refractivity contribution is 7.85. The van der Waals surface area contributed by atoms with Gasteiger partial charge in [-0.15, -0.1) is 0 Å². The van der Waals surface area contributed by atoms with Crippen molar-refractivity contribution in [2.24, 2.45) is 10.8 Å². The Morgan fingerprint density at radius 3 is 1.62 bits per heavy atom. The Morgan fingerprint density at radius 1 is 0.762 bits per heavy atom. The number of rotatable bonds is 11. The Balaban J connectivity index is 3.46. The average Bonchev–Trinajstić information content (AvgIpc) is 2.28. The molecular weight excluding hydrogens is 284 g/mol. The molecule has 0 aromatic carbocycles. The lowest BCUT2D eigenvalue weighted by Crippen LogP contribution is -2.29. The number of unbranched alkanes of at least 4 members (excludes halogenated alkanes) is 6. The first kappa shape index (κ1) is 20.9. The molecule has 0 aliphatic heterocycles. The Hall–Kier alpha value is -0.0900. The molecule has 0 radical (unpaired) electrons. The van der Waals surface area contributed by atoms with E-state index in [2.05, 4.69) is 34.6 Å². The second-order valence-electron chi connectivity index (χ2n) is 7.88. The maximum Gasteiger partial charge on any atom is 0.264 e. The van der Waals surface area contributed by atoms with E-state index in [1.807, 2.05) is 0 Å². The van der Waals surface area contributed by atoms with Gasteiger partial charge in [-0.05, 0) is 23.7 Å². The van der Waals surface area contributed by atoms with Crippen molar-refractivity contribution < 1.29 is 12.6 Å². The largest absolute Gasteiger partial charge is 0.270 e. The van der Waals surface area contributed by atoms with Crippen LogP contribution in [-0.2, 0) is 14.3 Å². The molecule has 21 heavy (non-hydrogen) atoms. The quantitative estimate of drug-likeness (QED) is 0.390. The third-order valence-corrected chi connectivity index (χ3v) is 5.37. The highest BCUT2D eigenvalue weighted by atomic mass is 32.2. The fourth-order valence-electron chi connectivity index (χ4n) is 2.14. The minimum atomic E-state index is -3.26. The van der Waals surface area contributed by atoms with Crippen LogP contribution in [0.3, 0.4) is 0 Å². The van der Waals surface area contributed by atoms with Crippen molar-refractivity contribution in [2.75, 3.05) is 12.9 Å². The molecule has 0 fully saturated rings. The van der Waals surface area contributed by atoms with Crippen LogP contribution in [0.25, 0.3) is 0 Å². The van der Waals surface area contributed by atoms with Crippen LogP contribution in [0.15, 0.2) is 0 Å². The summed E-state index contributed by atoms with van der Waals surface area (Å²) in [6, 6.07) is 0. The molecule has 3 nitrogen and oxygen atoms in total. The van der Waals surface area contributed by atoms with Crippen LogP contribution in [0, 0.1) is 10.8 Å². The minimum Gasteiger partial charge on any atom is -0.270 e. The molecule has 0 rings (SSSR count). The standard InChI is InChI=1S/C17H36O3S/c1-16(2,3)17(4,5)14-12-10-8-7-9-11-13-15-20-21(6,18)19/h7-15H2,1-6H3. The Labute approximate surface area is 133 Å². The molecule has 0 aromatic rings. The van der Waals surface area contributed by atoms with Gasteiger partial charge in [-0.25, -0.2) is 0 Å². The summed E-state index contributed by atoms with van der Waals surface area (Å²) in [7, 11) is -3.26. The predicted octanol–water partition coefficient (Wildman–Crippen LogP) is 5.16. The van der Waals surface area contributed by atoms with Gasteiger partial charge >= 0.3 is 0 Å². The molecule has 0 bridgehead atoms. The number of hydrogen-bond acceptors (Lipinski definition) is 3. The summed E-state index contributed by atoms with van der Waals surface area (Å²) in [4.78, 5) is 0. The van der Waals surface area contributed by atoms with E-state index >= 15 is 0 Å². The molecule has 0 aliphatic carbocycles. The smallest absolute Gasteiger partial charge is 0.264 e. The first-order valence-corrected chi connectivity index (χ1v) is 10.1. The molecule has 0 aromatic heterocycles. The lowest BCUT2D eigenvalue weighted by atomic mass is 9.67. The zero-order valence-electron chi connectivity index (χ0n) is 15.0. The molecule has 128 valence electrons. The van der Waals surface area contributed by atoms with E-state index in [4.69, 9.17) is 4.18 Å². The molecular formula is C17H36O3S. The topological polar surface area (TPSA) is 43.4 Å². The SMILES string of the molecule is CC(C)(C)C(C)(C)CCCCCCCCCOS(C)(=O)=O. The maximum atomic E-state index is 10.8. The second-order valence-corrected chi connectivity index (χ2v) is 9.53. The van der Waals surface area contributed by atoms with Gasteiger partial charge in [-0.3, -0.25) is 4.18 Å². The molecule has 0 spiro atoms. The summed E-state index contributed by atoms with van der Waals surface area (Å²) in [5, 5.41) is 0. The van der Waals surface area contributed by atoms with Crippen LogP contribution in [0.5, 0.6) is 0 Å². The van der Waals surface area contributed by atoms with Crippen molar-refractivity contribution in [3.8, 4) is 0 Å². The van der Waals surface area contributed by atoms with Gasteiger partial charge in [0.25, 0.3) is 10.1 Å². The van der Waals surface area contributed by atoms with Gasteiger partial charge < -0.3 is 0 Å². The van der Waals surface area contributed by atoms with Gasteiger partial charge in [-0.2, -0.15) is 8.42 Å². The number of hydrogen-bond donors (Lipinski definition) is 0. The van der Waals surface area contributed by atoms with Crippen molar-refractivity contribution in [2.45, 2.75) is 86.0 Å². The van der Waals surface area contributed by atoms with Gasteiger partial charge in [0, 0.05) is 0 Å². The summed E-state index contributed by atoms with van der Waals surface area (Å²) in [6.07, 6.45) is 10.6. The molecule has 0 amide bonds. The van der Waals surface area contributed by atoms with Crippen LogP contribution in [0.4, 0.5) is 0 Å². The zero-order chi connectivity index (χ0) is 16.6. The van der Waals surface area contributed by atoms with Gasteiger partial charge in [0.05, 0.1) is 12.9 Å². The third-order valence-electron chi connectivity index (χ3n) is 4.77. The van der Waals surface area contributed by atoms with Crippen LogP contribution >= 0.6 is 0 Å². The highest BCUT2D eigenvalue weighted by Gasteiger charge is 2.31. The van der Waals surface area contributed by atoms with Crippen molar-refractivity contribution in [3.63, 3.8) is 0 Å². The predicted molar refractivity (Wildman–Crippen MR) is 91.0 cm³/mol. The summed E-state index contributed by atoms with van der Waals surface area (Å²) in [5.74, 6) is 0. The van der Waals surface area contributed by atoms with E-state index in [0.29, 0.717) is 17.4 Å². The van der Waals surface area contributed by atoms with E-state index < -0.39 is 10.1 Å². The molecule has 0 atom stereocenters. The third kappa shape index (κ3) is 11.2. The van der Waals surface area contributed by atoms with Gasteiger partial charge in [0.2, 0.25) is 0 Å². The normalized spacial score (nSPS) is 13.6. The molecule has 0 unspecified atom stereocenters. The maximum absolute atomic E-state index is 10.8. The van der Waals surface area contributed by atoms with E-state index in [1.165, 1.54) is 38.5 Å². The summed E-state index contributed by atoms with van der Waals surface area (Å²) in [5.41, 5.74) is 0.766. The van der Waals surface area contributed by atoms with Crippen molar-refractivity contribution >= 4 is 10.1 Å². The van der Waals surface area contributed by atoms with Crippen LogP contribution < -0.4 is 0 Å². The first-order valence-electron chi connectivity index (χ1n) is 8.30. The molecule has 0 aliphatic rings. The van der Waals surface area contributed by atoms with E-state index in [0.717, 1.165) is 19.1 Å². The zero-order valence-corrected chi connectivity index (χ0v) is 15.8. The molecule has 0 N–H and O–H groups in total. The molecule has 4 heteroatoms. The summed E-state index contributed by atoms with van der Waals surface area (Å²) >= 11 is 0. The van der Waals surface area contributed by atoms with Crippen LogP contribution in [0.1, 0.15) is 86.0 Å². The molecule has 0 saturated carbocycles. The van der Waals surface area contributed by atoms with Gasteiger partial charge in [0.1, 0.15) is 0 Å². The van der Waals surface area contributed by atoms with Crippen molar-refractivity contribution in [3.05, 3.63) is 0 Å². The van der Waals surface area contributed by atoms with Crippen LogP contribution in [-0.4, -0.2) is 21.3 Å². The fraction of sp³-hybridized carbons (Fsp3) is 1.00. The second kappa shape index (κ2) is 9.14. The highest BCUT2D eigenvalue weighted by Crippen LogP contribution is 2.41. The van der Waals surface area contributed by atoms with Gasteiger partial charge in [0.15, 0.2) is 0 Å². The summed E-state index contributed by atoms with van der Waals surface area (Å²) < 4.78 is 26.3. The van der Waals surface area contributed by atoms with Crippen LogP contribution in [0.2, 0.25) is 0 Å². The fourth-order valence-corrected chi connectivity index (χ4v) is 2.56.